The summed E-state index contributed by atoms with van der Waals surface area (Å²) < 4.78 is 28.6. The van der Waals surface area contributed by atoms with Crippen LogP contribution in [0.15, 0.2) is 17.1 Å². The number of nitriles is 1. The van der Waals surface area contributed by atoms with Crippen LogP contribution in [0.4, 0.5) is 5.82 Å². The van der Waals surface area contributed by atoms with E-state index in [-0.39, 0.29) is 34.6 Å². The van der Waals surface area contributed by atoms with Gasteiger partial charge in [0, 0.05) is 6.20 Å². The van der Waals surface area contributed by atoms with E-state index in [0.717, 1.165) is 0 Å². The number of fused-ring (bicyclic) bond motifs is 1. The van der Waals surface area contributed by atoms with Gasteiger partial charge in [-0.2, -0.15) is 10.2 Å². The Kier molecular flexibility index (Phi) is 8.87. The van der Waals surface area contributed by atoms with Gasteiger partial charge in [-0.1, -0.05) is 55.4 Å². The molecule has 2 N–H and O–H groups in total. The zero-order valence-corrected chi connectivity index (χ0v) is 24.9. The molecule has 3 rings (SSSR count). The van der Waals surface area contributed by atoms with E-state index in [1.165, 1.54) is 17.7 Å². The van der Waals surface area contributed by atoms with Crippen LogP contribution in [0.1, 0.15) is 68.5 Å². The Morgan fingerprint density at radius 1 is 1.08 bits per heavy atom. The van der Waals surface area contributed by atoms with Crippen molar-refractivity contribution in [2.24, 2.45) is 5.92 Å². The molecule has 0 bridgehead atoms. The Labute approximate surface area is 216 Å². The fraction of sp³-hybridized carbons (Fsp3) is 0.792. The third-order valence-corrected chi connectivity index (χ3v) is 17.5. The molecular formula is C24H42N4O6Si2. The molecule has 2 saturated heterocycles. The fourth-order valence-corrected chi connectivity index (χ4v) is 16.7. The van der Waals surface area contributed by atoms with Crippen molar-refractivity contribution in [1.29, 1.82) is 5.26 Å². The molecule has 1 aromatic heterocycles. The maximum absolute atomic E-state index is 12.9. The highest BCUT2D eigenvalue weighted by Gasteiger charge is 2.62. The molecule has 1 unspecified atom stereocenters. The highest BCUT2D eigenvalue weighted by molar-refractivity contribution is 6.83. The minimum atomic E-state index is -2.93. The Morgan fingerprint density at radius 2 is 1.67 bits per heavy atom. The summed E-state index contributed by atoms with van der Waals surface area (Å²) >= 11 is 0. The molecule has 202 valence electrons. The smallest absolute Gasteiger partial charge is 0.351 e. The van der Waals surface area contributed by atoms with E-state index in [0.29, 0.717) is 0 Å². The first-order chi connectivity index (χ1) is 16.8. The van der Waals surface area contributed by atoms with Crippen LogP contribution < -0.4 is 11.0 Å². The van der Waals surface area contributed by atoms with E-state index in [1.807, 2.05) is 0 Å². The zero-order valence-electron chi connectivity index (χ0n) is 22.9. The van der Waals surface area contributed by atoms with Crippen molar-refractivity contribution in [3.63, 3.8) is 0 Å². The van der Waals surface area contributed by atoms with Crippen LogP contribution in [0.3, 0.4) is 0 Å². The predicted octanol–water partition coefficient (Wildman–Crippen LogP) is 3.99. The summed E-state index contributed by atoms with van der Waals surface area (Å²) in [6.45, 7) is 18.9. The van der Waals surface area contributed by atoms with Crippen molar-refractivity contribution >= 4 is 22.9 Å². The van der Waals surface area contributed by atoms with Crippen LogP contribution in [0.5, 0.6) is 0 Å². The molecule has 0 aliphatic carbocycles. The molecule has 1 aromatic rings. The molecule has 0 spiro atoms. The largest absolute Gasteiger partial charge is 0.414 e. The monoisotopic (exact) mass is 538 g/mol. The molecule has 2 aliphatic heterocycles. The lowest BCUT2D eigenvalue weighted by atomic mass is 10.0. The van der Waals surface area contributed by atoms with E-state index in [9.17, 15) is 15.2 Å². The van der Waals surface area contributed by atoms with Crippen LogP contribution in [0, 0.1) is 17.2 Å². The normalized spacial score (nSPS) is 28.6. The molecule has 12 heteroatoms. The van der Waals surface area contributed by atoms with Crippen molar-refractivity contribution in [1.82, 2.24) is 9.55 Å². The van der Waals surface area contributed by atoms with E-state index < -0.39 is 53.4 Å². The van der Waals surface area contributed by atoms with Crippen LogP contribution in [-0.4, -0.2) is 56.8 Å². The average molecular weight is 539 g/mol. The van der Waals surface area contributed by atoms with E-state index in [1.54, 1.807) is 6.07 Å². The van der Waals surface area contributed by atoms with E-state index in [2.05, 4.69) is 71.8 Å². The Balaban J connectivity index is 2.07. The van der Waals surface area contributed by atoms with Gasteiger partial charge in [-0.05, 0) is 35.2 Å². The number of nitrogens with one attached hydrogen (secondary N) is 1. The third-order valence-electron chi connectivity index (χ3n) is 7.28. The minimum absolute atomic E-state index is 0.109. The van der Waals surface area contributed by atoms with Gasteiger partial charge in [0.15, 0.2) is 6.23 Å². The summed E-state index contributed by atoms with van der Waals surface area (Å²) in [5, 5.41) is 22.5. The molecular weight excluding hydrogens is 496 g/mol. The molecule has 2 fully saturated rings. The van der Waals surface area contributed by atoms with Crippen molar-refractivity contribution in [2.75, 3.05) is 11.9 Å². The SMILES string of the molecule is CC(O)Nc1ccn([C@@H]2O[C@@H]3CO[Si](C(C)C)(C(C)C)O[Si](C(C)C)(C(C)C)O[C@H]3[C@@H]2C#N)c(=O)n1. The first-order valence-electron chi connectivity index (χ1n) is 12.9. The lowest BCUT2D eigenvalue weighted by molar-refractivity contribution is -0.0569. The Bertz CT molecular complexity index is 993. The van der Waals surface area contributed by atoms with Gasteiger partial charge >= 0.3 is 22.8 Å². The summed E-state index contributed by atoms with van der Waals surface area (Å²) in [7, 11) is -5.68. The molecule has 0 amide bonds. The molecule has 2 aliphatic rings. The standard InChI is InChI=1S/C24H42N4O6Si2/c1-14(2)35(15(3)4)31-13-20-22(33-36(34-35,16(5)6)17(7)8)19(12-25)23(32-20)28-11-10-21(26-18(9)29)27-24(28)30/h10-11,14-20,22-23,29H,13H2,1-9H3,(H,26,27,30)/t18?,19-,20+,22-,23+/m0/s1. The second kappa shape index (κ2) is 11.0. The molecule has 3 heterocycles. The quantitative estimate of drug-likeness (QED) is 0.391. The summed E-state index contributed by atoms with van der Waals surface area (Å²) in [5.41, 5.74) is 0.0101. The highest BCUT2D eigenvalue weighted by Crippen LogP contribution is 2.49. The first kappa shape index (κ1) is 29.0. The number of aromatic nitrogens is 2. The summed E-state index contributed by atoms with van der Waals surface area (Å²) in [5.74, 6) is -0.513. The number of hydrogen-bond acceptors (Lipinski definition) is 9. The predicted molar refractivity (Wildman–Crippen MR) is 141 cm³/mol. The van der Waals surface area contributed by atoms with Gasteiger partial charge in [-0.3, -0.25) is 4.57 Å². The van der Waals surface area contributed by atoms with E-state index >= 15 is 0 Å². The maximum Gasteiger partial charge on any atom is 0.351 e. The molecule has 36 heavy (non-hydrogen) atoms. The lowest BCUT2D eigenvalue weighted by Gasteiger charge is -2.51. The summed E-state index contributed by atoms with van der Waals surface area (Å²) in [6.07, 6.45) is -1.35. The molecule has 5 atom stereocenters. The molecule has 10 nitrogen and oxygen atoms in total. The fourth-order valence-electron chi connectivity index (χ4n) is 5.43. The molecule has 0 aromatic carbocycles. The van der Waals surface area contributed by atoms with Crippen molar-refractivity contribution in [3.05, 3.63) is 22.7 Å². The second-order valence-electron chi connectivity index (χ2n) is 11.1. The van der Waals surface area contributed by atoms with Gasteiger partial charge in [0.25, 0.3) is 0 Å². The van der Waals surface area contributed by atoms with E-state index in [4.69, 9.17) is 17.7 Å². The highest BCUT2D eigenvalue weighted by atomic mass is 28.5. The molecule has 0 saturated carbocycles. The number of rotatable bonds is 7. The van der Waals surface area contributed by atoms with Gasteiger partial charge in [0.05, 0.1) is 18.8 Å². The van der Waals surface area contributed by atoms with Crippen LogP contribution in [-0.2, 0) is 17.7 Å². The van der Waals surface area contributed by atoms with Gasteiger partial charge in [-0.15, -0.1) is 0 Å². The van der Waals surface area contributed by atoms with Crippen molar-refractivity contribution in [2.45, 2.75) is 109 Å². The van der Waals surface area contributed by atoms with Crippen LogP contribution >= 0.6 is 0 Å². The number of aliphatic hydroxyl groups is 1. The minimum Gasteiger partial charge on any atom is -0.414 e. The number of anilines is 1. The molecule has 0 radical (unpaired) electrons. The van der Waals surface area contributed by atoms with Gasteiger partial charge < -0.3 is 28.1 Å². The van der Waals surface area contributed by atoms with Crippen LogP contribution in [0.2, 0.25) is 22.2 Å². The summed E-state index contributed by atoms with van der Waals surface area (Å²) in [6, 6.07) is 3.92. The number of nitrogens with zero attached hydrogens (tertiary/aromatic N) is 3. The zero-order chi connectivity index (χ0) is 27.0. The number of aliphatic hydroxyl groups excluding tert-OH is 1. The van der Waals surface area contributed by atoms with Crippen LogP contribution in [0.25, 0.3) is 0 Å². The topological polar surface area (TPSA) is 128 Å². The first-order valence-corrected chi connectivity index (χ1v) is 16.8. The second-order valence-corrected chi connectivity index (χ2v) is 19.9. The Morgan fingerprint density at radius 3 is 2.14 bits per heavy atom. The lowest BCUT2D eigenvalue weighted by Crippen LogP contribution is -2.65. The number of hydrogen-bond donors (Lipinski definition) is 2. The number of ether oxygens (including phenoxy) is 1. The van der Waals surface area contributed by atoms with Gasteiger partial charge in [0.2, 0.25) is 0 Å². The average Bonchev–Trinajstić information content (AvgIpc) is 3.08. The maximum atomic E-state index is 12.9. The Hall–Kier alpha value is -1.60. The van der Waals surface area contributed by atoms with Crippen molar-refractivity contribution in [3.8, 4) is 6.07 Å². The van der Waals surface area contributed by atoms with Gasteiger partial charge in [-0.25, -0.2) is 4.79 Å². The van der Waals surface area contributed by atoms with Crippen molar-refractivity contribution < 1.29 is 22.8 Å². The summed E-state index contributed by atoms with van der Waals surface area (Å²) in [4.78, 5) is 16.9. The third kappa shape index (κ3) is 5.20. The van der Waals surface area contributed by atoms with Gasteiger partial charge in [0.1, 0.15) is 24.1 Å².